The Labute approximate surface area is 99.8 Å². The number of rotatable bonds is 6. The topological polar surface area (TPSA) is 81.4 Å². The molecule has 0 amide bonds. The quantitative estimate of drug-likeness (QED) is 0.593. The molecule has 0 spiro atoms. The number of nitrogens with one attached hydrogen (secondary N) is 1. The van der Waals surface area contributed by atoms with Gasteiger partial charge in [-0.15, -0.1) is 0 Å². The maximum absolute atomic E-state index is 12.6. The van der Waals surface area contributed by atoms with Crippen molar-refractivity contribution in [3.8, 4) is 0 Å². The van der Waals surface area contributed by atoms with Crippen LogP contribution in [0.15, 0.2) is 29.2 Å². The van der Waals surface area contributed by atoms with E-state index < -0.39 is 22.1 Å². The summed E-state index contributed by atoms with van der Waals surface area (Å²) in [7, 11) is -3.95. The van der Waals surface area contributed by atoms with Crippen molar-refractivity contribution in [1.29, 1.82) is 0 Å². The lowest BCUT2D eigenvalue weighted by Crippen LogP contribution is -2.38. The Morgan fingerprint density at radius 3 is 2.53 bits per heavy atom. The molecule has 1 aromatic rings. The predicted octanol–water partition coefficient (Wildman–Crippen LogP) is 1.12. The van der Waals surface area contributed by atoms with Gasteiger partial charge in [-0.2, -0.15) is 18.2 Å². The Morgan fingerprint density at radius 1 is 1.41 bits per heavy atom. The van der Waals surface area contributed by atoms with E-state index in [1.165, 1.54) is 0 Å². The summed E-state index contributed by atoms with van der Waals surface area (Å²) in [6, 6.07) is 4.33. The smallest absolute Gasteiger partial charge is 0.312 e. The molecular formula is C10H15FN2O3S. The van der Waals surface area contributed by atoms with E-state index in [0.717, 1.165) is 30.7 Å². The number of halogens is 1. The van der Waals surface area contributed by atoms with E-state index in [-0.39, 0.29) is 4.90 Å². The van der Waals surface area contributed by atoms with Crippen LogP contribution in [0, 0.1) is 5.82 Å². The molecule has 0 fully saturated rings. The van der Waals surface area contributed by atoms with Gasteiger partial charge in [0.15, 0.2) is 0 Å². The van der Waals surface area contributed by atoms with Crippen molar-refractivity contribution in [2.45, 2.75) is 30.8 Å². The van der Waals surface area contributed by atoms with Crippen molar-refractivity contribution < 1.29 is 17.1 Å². The Hall–Kier alpha value is -1.02. The third-order valence-electron chi connectivity index (χ3n) is 2.01. The molecule has 0 saturated carbocycles. The molecule has 96 valence electrons. The molecule has 3 N–H and O–H groups in total. The summed E-state index contributed by atoms with van der Waals surface area (Å²) in [5.41, 5.74) is 7.77. The highest BCUT2D eigenvalue weighted by Crippen LogP contribution is 2.11. The molecule has 0 radical (unpaired) electrons. The lowest BCUT2D eigenvalue weighted by atomic mass is 10.3. The van der Waals surface area contributed by atoms with Crippen LogP contribution in [-0.4, -0.2) is 14.6 Å². The Kier molecular flexibility index (Phi) is 5.01. The van der Waals surface area contributed by atoms with Gasteiger partial charge in [0, 0.05) is 0 Å². The van der Waals surface area contributed by atoms with E-state index in [2.05, 4.69) is 9.76 Å². The van der Waals surface area contributed by atoms with E-state index in [4.69, 9.17) is 5.73 Å². The fourth-order valence-electron chi connectivity index (χ4n) is 1.14. The average molecular weight is 262 g/mol. The highest BCUT2D eigenvalue weighted by Gasteiger charge is 2.16. The highest BCUT2D eigenvalue weighted by molar-refractivity contribution is 7.86. The molecule has 0 aliphatic heterocycles. The minimum absolute atomic E-state index is 0.130. The maximum atomic E-state index is 12.6. The number of nitrogens with two attached hydrogens (primary N) is 1. The van der Waals surface area contributed by atoms with Crippen molar-refractivity contribution in [3.05, 3.63) is 30.1 Å². The first-order valence-electron chi connectivity index (χ1n) is 5.16. The highest BCUT2D eigenvalue weighted by atomic mass is 32.2. The van der Waals surface area contributed by atoms with Crippen molar-refractivity contribution in [2.75, 3.05) is 0 Å². The van der Waals surface area contributed by atoms with Gasteiger partial charge in [0.1, 0.15) is 5.82 Å². The Bertz CT molecular complexity index is 447. The first-order valence-corrected chi connectivity index (χ1v) is 6.56. The van der Waals surface area contributed by atoms with Crippen molar-refractivity contribution in [1.82, 2.24) is 5.48 Å². The van der Waals surface area contributed by atoms with Gasteiger partial charge in [-0.3, -0.25) is 0 Å². The molecular weight excluding hydrogens is 247 g/mol. The lowest BCUT2D eigenvalue weighted by molar-refractivity contribution is 0.159. The molecule has 1 aromatic carbocycles. The number of hydrogen-bond donors (Lipinski definition) is 2. The third-order valence-corrected chi connectivity index (χ3v) is 3.18. The molecule has 0 heterocycles. The van der Waals surface area contributed by atoms with Crippen LogP contribution in [0.4, 0.5) is 4.39 Å². The maximum Gasteiger partial charge on any atom is 0.312 e. The molecule has 7 heteroatoms. The van der Waals surface area contributed by atoms with Gasteiger partial charge < -0.3 is 5.73 Å². The summed E-state index contributed by atoms with van der Waals surface area (Å²) in [6.45, 7) is 1.91. The van der Waals surface area contributed by atoms with Crippen LogP contribution in [0.2, 0.25) is 0 Å². The molecule has 1 rings (SSSR count). The minimum Gasteiger partial charge on any atom is -0.314 e. The fourth-order valence-corrected chi connectivity index (χ4v) is 1.96. The van der Waals surface area contributed by atoms with Gasteiger partial charge in [0.2, 0.25) is 0 Å². The van der Waals surface area contributed by atoms with Gasteiger partial charge in [-0.1, -0.05) is 13.3 Å². The van der Waals surface area contributed by atoms with Crippen LogP contribution in [0.25, 0.3) is 0 Å². The normalized spacial score (nSPS) is 13.6. The molecule has 0 saturated heterocycles. The van der Waals surface area contributed by atoms with Crippen LogP contribution in [0.3, 0.4) is 0 Å². The van der Waals surface area contributed by atoms with Gasteiger partial charge in [0.25, 0.3) is 0 Å². The van der Waals surface area contributed by atoms with Gasteiger partial charge in [-0.05, 0) is 30.7 Å². The zero-order valence-corrected chi connectivity index (χ0v) is 10.2. The van der Waals surface area contributed by atoms with Gasteiger partial charge in [-0.25, -0.2) is 4.39 Å². The summed E-state index contributed by atoms with van der Waals surface area (Å²) in [5, 5.41) is 0. The number of hydroxylamine groups is 1. The molecule has 5 nitrogen and oxygen atoms in total. The van der Waals surface area contributed by atoms with Crippen molar-refractivity contribution in [3.63, 3.8) is 0 Å². The minimum atomic E-state index is -3.95. The summed E-state index contributed by atoms with van der Waals surface area (Å²) in [4.78, 5) is -0.130. The van der Waals surface area contributed by atoms with Crippen molar-refractivity contribution in [2.24, 2.45) is 5.73 Å². The molecule has 0 aromatic heterocycles. The number of hydrogen-bond acceptors (Lipinski definition) is 5. The van der Waals surface area contributed by atoms with Crippen LogP contribution in [-0.2, 0) is 14.4 Å². The van der Waals surface area contributed by atoms with E-state index in [1.54, 1.807) is 0 Å². The lowest BCUT2D eigenvalue weighted by Gasteiger charge is -2.12. The molecule has 1 unspecified atom stereocenters. The molecule has 0 aliphatic carbocycles. The fraction of sp³-hybridized carbons (Fsp3) is 0.400. The predicted molar refractivity (Wildman–Crippen MR) is 60.7 cm³/mol. The first-order chi connectivity index (χ1) is 7.95. The summed E-state index contributed by atoms with van der Waals surface area (Å²) in [5.74, 6) is -0.514. The molecule has 17 heavy (non-hydrogen) atoms. The summed E-state index contributed by atoms with van der Waals surface area (Å²) < 4.78 is 40.3. The first kappa shape index (κ1) is 14.0. The summed E-state index contributed by atoms with van der Waals surface area (Å²) in [6.07, 6.45) is 0.822. The standard InChI is InChI=1S/C10H15FN2O3S/c1-2-3-10(12)13-16-17(14,15)9-6-4-8(11)5-7-9/h4-7,10,13H,2-3,12H2,1H3. The Balaban J connectivity index is 2.66. The summed E-state index contributed by atoms with van der Waals surface area (Å²) >= 11 is 0. The number of benzene rings is 1. The second-order valence-corrected chi connectivity index (χ2v) is 5.05. The van der Waals surface area contributed by atoms with Gasteiger partial charge >= 0.3 is 10.1 Å². The SMILES string of the molecule is CCCC(N)NOS(=O)(=O)c1ccc(F)cc1. The van der Waals surface area contributed by atoms with E-state index in [0.29, 0.717) is 6.42 Å². The van der Waals surface area contributed by atoms with Gasteiger partial charge in [0.05, 0.1) is 11.1 Å². The van der Waals surface area contributed by atoms with Crippen LogP contribution < -0.4 is 11.2 Å². The second-order valence-electron chi connectivity index (χ2n) is 3.50. The van der Waals surface area contributed by atoms with Crippen LogP contribution in [0.1, 0.15) is 19.8 Å². The molecule has 1 atom stereocenters. The van der Waals surface area contributed by atoms with Crippen molar-refractivity contribution >= 4 is 10.1 Å². The zero-order valence-electron chi connectivity index (χ0n) is 9.39. The molecule has 0 aliphatic rings. The van der Waals surface area contributed by atoms with Crippen LogP contribution in [0.5, 0.6) is 0 Å². The van der Waals surface area contributed by atoms with E-state index >= 15 is 0 Å². The van der Waals surface area contributed by atoms with E-state index in [9.17, 15) is 12.8 Å². The Morgan fingerprint density at radius 2 is 2.00 bits per heavy atom. The third kappa shape index (κ3) is 4.39. The zero-order chi connectivity index (χ0) is 12.9. The van der Waals surface area contributed by atoms with Crippen LogP contribution >= 0.6 is 0 Å². The monoisotopic (exact) mass is 262 g/mol. The largest absolute Gasteiger partial charge is 0.314 e. The van der Waals surface area contributed by atoms with E-state index in [1.807, 2.05) is 6.92 Å². The molecule has 0 bridgehead atoms. The second kappa shape index (κ2) is 6.06. The average Bonchev–Trinajstić information content (AvgIpc) is 2.28.